The minimum Gasteiger partial charge on any atom is -0.481 e. The van der Waals surface area contributed by atoms with Crippen molar-refractivity contribution in [1.29, 1.82) is 0 Å². The fourth-order valence-corrected chi connectivity index (χ4v) is 3.75. The van der Waals surface area contributed by atoms with Crippen LogP contribution in [0.5, 0.6) is 0 Å². The number of carboxylic acid groups (broad SMARTS) is 1. The Morgan fingerprint density at radius 3 is 2.89 bits per heavy atom. The van der Waals surface area contributed by atoms with Gasteiger partial charge < -0.3 is 5.11 Å². The minimum atomic E-state index is -0.696. The van der Waals surface area contributed by atoms with Crippen molar-refractivity contribution in [3.8, 4) is 0 Å². The summed E-state index contributed by atoms with van der Waals surface area (Å²) in [7, 11) is 0. The summed E-state index contributed by atoms with van der Waals surface area (Å²) in [5.74, 6) is -0.479. The zero-order chi connectivity index (χ0) is 14.0. The Balaban J connectivity index is 1.99. The van der Waals surface area contributed by atoms with Gasteiger partial charge in [-0.25, -0.2) is 0 Å². The zero-order valence-electron chi connectivity index (χ0n) is 11.4. The number of hydrogen-bond acceptors (Lipinski definition) is 3. The molecule has 5 heteroatoms. The SMILES string of the molecule is CC(C)(C(=O)O)C1CCCN(Cc2ccc(Cl)s2)C1. The van der Waals surface area contributed by atoms with E-state index < -0.39 is 11.4 Å². The molecule has 1 aromatic rings. The Morgan fingerprint density at radius 1 is 1.58 bits per heavy atom. The number of hydrogen-bond donors (Lipinski definition) is 1. The number of aliphatic carboxylic acids is 1. The third-order valence-corrected chi connectivity index (χ3v) is 5.30. The molecule has 3 nitrogen and oxygen atoms in total. The number of carboxylic acids is 1. The number of piperidine rings is 1. The molecule has 0 aromatic carbocycles. The van der Waals surface area contributed by atoms with E-state index in [-0.39, 0.29) is 5.92 Å². The van der Waals surface area contributed by atoms with Crippen LogP contribution in [-0.4, -0.2) is 29.1 Å². The first-order valence-corrected chi connectivity index (χ1v) is 7.79. The molecular weight excluding hydrogens is 282 g/mol. The van der Waals surface area contributed by atoms with Gasteiger partial charge in [0.05, 0.1) is 9.75 Å². The van der Waals surface area contributed by atoms with E-state index >= 15 is 0 Å². The van der Waals surface area contributed by atoms with Crippen molar-refractivity contribution in [3.05, 3.63) is 21.3 Å². The second kappa shape index (κ2) is 5.81. The number of rotatable bonds is 4. The second-order valence-electron chi connectivity index (χ2n) is 5.81. The van der Waals surface area contributed by atoms with Crippen molar-refractivity contribution in [2.24, 2.45) is 11.3 Å². The van der Waals surface area contributed by atoms with Crippen LogP contribution in [0.3, 0.4) is 0 Å². The molecule has 1 unspecified atom stereocenters. The van der Waals surface area contributed by atoms with Crippen molar-refractivity contribution < 1.29 is 9.90 Å². The lowest BCUT2D eigenvalue weighted by Gasteiger charge is -2.39. The summed E-state index contributed by atoms with van der Waals surface area (Å²) < 4.78 is 0.814. The van der Waals surface area contributed by atoms with Crippen molar-refractivity contribution >= 4 is 28.9 Å². The molecule has 1 N–H and O–H groups in total. The highest BCUT2D eigenvalue weighted by atomic mass is 35.5. The number of likely N-dealkylation sites (tertiary alicyclic amines) is 1. The summed E-state index contributed by atoms with van der Waals surface area (Å²) in [6, 6.07) is 3.98. The topological polar surface area (TPSA) is 40.5 Å². The number of nitrogens with zero attached hydrogens (tertiary/aromatic N) is 1. The van der Waals surface area contributed by atoms with Crippen molar-refractivity contribution in [1.82, 2.24) is 4.90 Å². The molecule has 106 valence electrons. The normalized spacial score (nSPS) is 21.5. The van der Waals surface area contributed by atoms with E-state index in [9.17, 15) is 9.90 Å². The summed E-state index contributed by atoms with van der Waals surface area (Å²) in [6.07, 6.45) is 2.07. The highest BCUT2D eigenvalue weighted by Crippen LogP contribution is 2.35. The Kier molecular flexibility index (Phi) is 4.54. The van der Waals surface area contributed by atoms with Crippen LogP contribution in [0.2, 0.25) is 4.34 Å². The third-order valence-electron chi connectivity index (χ3n) is 4.09. The van der Waals surface area contributed by atoms with Gasteiger partial charge in [-0.1, -0.05) is 11.6 Å². The van der Waals surface area contributed by atoms with Gasteiger partial charge in [0.25, 0.3) is 0 Å². The largest absolute Gasteiger partial charge is 0.481 e. The Hall–Kier alpha value is -0.580. The van der Waals surface area contributed by atoms with Crippen LogP contribution >= 0.6 is 22.9 Å². The average molecular weight is 302 g/mol. The molecule has 1 aliphatic rings. The fourth-order valence-electron chi connectivity index (χ4n) is 2.62. The van der Waals surface area contributed by atoms with Crippen LogP contribution < -0.4 is 0 Å². The van der Waals surface area contributed by atoms with Crippen LogP contribution in [0.4, 0.5) is 0 Å². The monoisotopic (exact) mass is 301 g/mol. The maximum Gasteiger partial charge on any atom is 0.309 e. The smallest absolute Gasteiger partial charge is 0.309 e. The molecule has 2 rings (SSSR count). The summed E-state index contributed by atoms with van der Waals surface area (Å²) in [4.78, 5) is 15.0. The van der Waals surface area contributed by atoms with E-state index in [0.29, 0.717) is 0 Å². The highest BCUT2D eigenvalue weighted by Gasteiger charge is 2.38. The highest BCUT2D eigenvalue weighted by molar-refractivity contribution is 7.16. The molecule has 1 aromatic heterocycles. The van der Waals surface area contributed by atoms with Gasteiger partial charge >= 0.3 is 5.97 Å². The molecule has 2 heterocycles. The second-order valence-corrected chi connectivity index (χ2v) is 7.61. The first-order chi connectivity index (χ1) is 8.89. The van der Waals surface area contributed by atoms with Crippen molar-refractivity contribution in [3.63, 3.8) is 0 Å². The van der Waals surface area contributed by atoms with E-state index in [2.05, 4.69) is 11.0 Å². The van der Waals surface area contributed by atoms with Crippen molar-refractivity contribution in [2.45, 2.75) is 33.2 Å². The molecule has 0 aliphatic carbocycles. The minimum absolute atomic E-state index is 0.217. The van der Waals surface area contributed by atoms with E-state index in [0.717, 1.165) is 36.8 Å². The molecule has 0 radical (unpaired) electrons. The summed E-state index contributed by atoms with van der Waals surface area (Å²) in [5, 5.41) is 9.34. The Bertz CT molecular complexity index is 458. The first-order valence-electron chi connectivity index (χ1n) is 6.59. The average Bonchev–Trinajstić information content (AvgIpc) is 2.75. The van der Waals surface area contributed by atoms with Gasteiger partial charge in [-0.05, 0) is 51.3 Å². The molecule has 19 heavy (non-hydrogen) atoms. The number of thiophene rings is 1. The van der Waals surface area contributed by atoms with E-state index in [4.69, 9.17) is 11.6 Å². The van der Waals surface area contributed by atoms with E-state index in [1.54, 1.807) is 11.3 Å². The van der Waals surface area contributed by atoms with Gasteiger partial charge in [0.1, 0.15) is 0 Å². The number of carbonyl (C=O) groups is 1. The Morgan fingerprint density at radius 2 is 2.32 bits per heavy atom. The molecule has 0 amide bonds. The summed E-state index contributed by atoms with van der Waals surface area (Å²) >= 11 is 7.55. The number of halogens is 1. The van der Waals surface area contributed by atoms with Crippen LogP contribution in [0.1, 0.15) is 31.6 Å². The molecular formula is C14H20ClNO2S. The predicted molar refractivity (Wildman–Crippen MR) is 78.7 cm³/mol. The van der Waals surface area contributed by atoms with Crippen LogP contribution in [-0.2, 0) is 11.3 Å². The summed E-state index contributed by atoms with van der Waals surface area (Å²) in [5.41, 5.74) is -0.647. The lowest BCUT2D eigenvalue weighted by atomic mass is 9.74. The standard InChI is InChI=1S/C14H20ClNO2S/c1-14(2,13(17)18)10-4-3-7-16(8-10)9-11-5-6-12(15)19-11/h5-6,10H,3-4,7-9H2,1-2H3,(H,17,18). The van der Waals surface area contributed by atoms with Crippen LogP contribution in [0.15, 0.2) is 12.1 Å². The van der Waals surface area contributed by atoms with Crippen LogP contribution in [0, 0.1) is 11.3 Å². The van der Waals surface area contributed by atoms with E-state index in [1.807, 2.05) is 19.9 Å². The first kappa shape index (κ1) is 14.8. The lowest BCUT2D eigenvalue weighted by Crippen LogP contribution is -2.44. The van der Waals surface area contributed by atoms with E-state index in [1.165, 1.54) is 4.88 Å². The lowest BCUT2D eigenvalue weighted by molar-refractivity contribution is -0.151. The van der Waals surface area contributed by atoms with Gasteiger partial charge in [-0.3, -0.25) is 9.69 Å². The molecule has 1 fully saturated rings. The quantitative estimate of drug-likeness (QED) is 0.921. The Labute approximate surface area is 123 Å². The molecule has 0 spiro atoms. The third kappa shape index (κ3) is 3.50. The maximum absolute atomic E-state index is 11.4. The fraction of sp³-hybridized carbons (Fsp3) is 0.643. The van der Waals surface area contributed by atoms with Crippen molar-refractivity contribution in [2.75, 3.05) is 13.1 Å². The molecule has 1 aliphatic heterocycles. The molecule has 0 bridgehead atoms. The van der Waals surface area contributed by atoms with Gasteiger partial charge in [0.2, 0.25) is 0 Å². The zero-order valence-corrected chi connectivity index (χ0v) is 12.9. The molecule has 1 atom stereocenters. The molecule has 1 saturated heterocycles. The van der Waals surface area contributed by atoms with Gasteiger partial charge in [0, 0.05) is 18.0 Å². The van der Waals surface area contributed by atoms with Crippen LogP contribution in [0.25, 0.3) is 0 Å². The maximum atomic E-state index is 11.4. The predicted octanol–water partition coefficient (Wildman–Crippen LogP) is 3.72. The van der Waals surface area contributed by atoms with Gasteiger partial charge in [-0.2, -0.15) is 0 Å². The molecule has 0 saturated carbocycles. The summed E-state index contributed by atoms with van der Waals surface area (Å²) in [6.45, 7) is 6.46. The van der Waals surface area contributed by atoms with Gasteiger partial charge in [0.15, 0.2) is 0 Å². The van der Waals surface area contributed by atoms with Gasteiger partial charge in [-0.15, -0.1) is 11.3 Å².